The van der Waals surface area contributed by atoms with Crippen molar-refractivity contribution in [2.75, 3.05) is 17.7 Å². The molecule has 5 rings (SSSR count). The van der Waals surface area contributed by atoms with E-state index in [1.54, 1.807) is 0 Å². The van der Waals surface area contributed by atoms with Gasteiger partial charge in [-0.1, -0.05) is 29.3 Å². The average molecular weight is 653 g/mol. The lowest BCUT2D eigenvalue weighted by molar-refractivity contribution is -0.377. The molecule has 0 aliphatic heterocycles. The topological polar surface area (TPSA) is 127 Å². The molecule has 14 heteroatoms. The molecule has 1 fully saturated rings. The van der Waals surface area contributed by atoms with Gasteiger partial charge in [0, 0.05) is 23.9 Å². The highest BCUT2D eigenvalue weighted by Crippen LogP contribution is 2.37. The predicted octanol–water partition coefficient (Wildman–Crippen LogP) is 5.99. The Morgan fingerprint density at radius 2 is 1.79 bits per heavy atom. The quantitative estimate of drug-likeness (QED) is 0.109. The van der Waals surface area contributed by atoms with E-state index in [1.807, 2.05) is 0 Å². The molecular formula is C29H27Cl2F2N4O5S+. The number of pyridine rings is 1. The lowest BCUT2D eigenvalue weighted by atomic mass is 10.0. The largest absolute Gasteiger partial charge is 0.491 e. The summed E-state index contributed by atoms with van der Waals surface area (Å²) in [7, 11) is -4.18. The molecule has 1 saturated carbocycles. The number of esters is 1. The summed E-state index contributed by atoms with van der Waals surface area (Å²) < 4.78 is 65.8. The Hall–Kier alpha value is -3.87. The van der Waals surface area contributed by atoms with Crippen LogP contribution in [0.15, 0.2) is 78.1 Å². The van der Waals surface area contributed by atoms with Gasteiger partial charge in [0.05, 0.1) is 17.2 Å². The lowest BCUT2D eigenvalue weighted by Gasteiger charge is -2.22. The van der Waals surface area contributed by atoms with Crippen molar-refractivity contribution in [3.8, 4) is 5.75 Å². The number of carbonyl (C=O) groups is 1. The summed E-state index contributed by atoms with van der Waals surface area (Å²) in [5.41, 5.74) is 6.71. The highest BCUT2D eigenvalue weighted by Gasteiger charge is 2.29. The molecule has 2 aromatic heterocycles. The first-order valence-corrected chi connectivity index (χ1v) is 15.4. The number of carbonyl (C=O) groups excluding carboxylic acids is 1. The second-order valence-corrected chi connectivity index (χ2v) is 12.6. The molecule has 226 valence electrons. The Morgan fingerprint density at radius 1 is 1.09 bits per heavy atom. The summed E-state index contributed by atoms with van der Waals surface area (Å²) >= 11 is 12.8. The number of H-pyrrole nitrogens is 1. The van der Waals surface area contributed by atoms with E-state index in [4.69, 9.17) is 38.4 Å². The number of hydrogen-bond acceptors (Lipinski definition) is 7. The molecule has 0 spiro atoms. The molecule has 1 unspecified atom stereocenters. The zero-order valence-corrected chi connectivity index (χ0v) is 24.8. The molecule has 0 amide bonds. The summed E-state index contributed by atoms with van der Waals surface area (Å²) in [6.45, 7) is -2.49. The second kappa shape index (κ2) is 12.8. The molecule has 2 heterocycles. The van der Waals surface area contributed by atoms with E-state index < -0.39 is 28.6 Å². The van der Waals surface area contributed by atoms with Crippen LogP contribution < -0.4 is 20.8 Å². The van der Waals surface area contributed by atoms with E-state index in [9.17, 15) is 22.0 Å². The molecule has 2 aromatic carbocycles. The maximum Gasteiger partial charge on any atom is 0.356 e. The molecule has 1 aliphatic rings. The number of hydrogen-bond donors (Lipinski definition) is 2. The molecule has 0 saturated heterocycles. The van der Waals surface area contributed by atoms with Gasteiger partial charge in [0.1, 0.15) is 27.6 Å². The Kier molecular flexibility index (Phi) is 9.09. The summed E-state index contributed by atoms with van der Waals surface area (Å²) in [4.78, 5) is 16.3. The number of aromatic amines is 1. The lowest BCUT2D eigenvalue weighted by Crippen LogP contribution is -2.22. The Labute approximate surface area is 256 Å². The highest BCUT2D eigenvalue weighted by atomic mass is 35.5. The van der Waals surface area contributed by atoms with Crippen molar-refractivity contribution in [1.29, 1.82) is 0 Å². The van der Waals surface area contributed by atoms with E-state index in [0.717, 1.165) is 16.8 Å². The maximum absolute atomic E-state index is 13.6. The number of nitrogens with two attached hydrogens (primary N) is 1. The second-order valence-electron chi connectivity index (χ2n) is 9.95. The Balaban J connectivity index is 1.50. The molecular weight excluding hydrogens is 625 g/mol. The van der Waals surface area contributed by atoms with Crippen molar-refractivity contribution in [2.24, 2.45) is 5.92 Å². The molecule has 9 nitrogen and oxygen atoms in total. The number of nitrogens with one attached hydrogen (secondary N) is 2. The van der Waals surface area contributed by atoms with Crippen LogP contribution in [0.4, 0.5) is 20.2 Å². The first kappa shape index (κ1) is 30.6. The van der Waals surface area contributed by atoms with Crippen LogP contribution in [0.25, 0.3) is 0 Å². The van der Waals surface area contributed by atoms with Gasteiger partial charge in [-0.25, -0.2) is 22.2 Å². The van der Waals surface area contributed by atoms with Crippen LogP contribution in [0.2, 0.25) is 10.0 Å². The molecule has 43 heavy (non-hydrogen) atoms. The van der Waals surface area contributed by atoms with Crippen LogP contribution in [-0.2, 0) is 21.2 Å². The van der Waals surface area contributed by atoms with Crippen molar-refractivity contribution >= 4 is 50.6 Å². The fourth-order valence-corrected chi connectivity index (χ4v) is 6.21. The minimum Gasteiger partial charge on any atom is -0.491 e. The van der Waals surface area contributed by atoms with Crippen molar-refractivity contribution in [2.45, 2.75) is 36.8 Å². The summed E-state index contributed by atoms with van der Waals surface area (Å²) in [6, 6.07) is 12.7. The van der Waals surface area contributed by atoms with Gasteiger partial charge in [0.15, 0.2) is 12.4 Å². The number of alkyl halides is 2. The van der Waals surface area contributed by atoms with E-state index in [2.05, 4.69) is 10.3 Å². The minimum atomic E-state index is -4.18. The Morgan fingerprint density at radius 3 is 2.44 bits per heavy atom. The third-order valence-corrected chi connectivity index (χ3v) is 9.19. The number of ether oxygens (including phenoxy) is 2. The zero-order valence-electron chi connectivity index (χ0n) is 22.5. The molecule has 0 bridgehead atoms. The SMILES string of the molecule is Nc1ccc(S(=O)(=O)n2cccc2C(=O)OC(Cc2c(Cl)c[nH+]cc2Cl)c2ccc(NC(F)F)c(OCC3CC3)c2)cc1. The van der Waals surface area contributed by atoms with Crippen molar-refractivity contribution in [3.05, 3.63) is 100 Å². The van der Waals surface area contributed by atoms with Crippen LogP contribution in [-0.4, -0.2) is 31.5 Å². The van der Waals surface area contributed by atoms with Gasteiger partial charge in [-0.2, -0.15) is 8.78 Å². The fourth-order valence-electron chi connectivity index (χ4n) is 4.35. The number of rotatable bonds is 12. The first-order chi connectivity index (χ1) is 20.5. The van der Waals surface area contributed by atoms with Gasteiger partial charge >= 0.3 is 12.5 Å². The van der Waals surface area contributed by atoms with E-state index >= 15 is 0 Å². The predicted molar refractivity (Wildman–Crippen MR) is 157 cm³/mol. The molecule has 0 radical (unpaired) electrons. The van der Waals surface area contributed by atoms with Gasteiger partial charge in [0.2, 0.25) is 0 Å². The van der Waals surface area contributed by atoms with Crippen molar-refractivity contribution in [1.82, 2.24) is 3.97 Å². The highest BCUT2D eigenvalue weighted by molar-refractivity contribution is 7.90. The monoisotopic (exact) mass is 651 g/mol. The van der Waals surface area contributed by atoms with Crippen LogP contribution >= 0.6 is 23.2 Å². The molecule has 4 aromatic rings. The van der Waals surface area contributed by atoms with E-state index in [1.165, 1.54) is 73.2 Å². The molecule has 4 N–H and O–H groups in total. The van der Waals surface area contributed by atoms with Crippen molar-refractivity contribution < 1.29 is 36.5 Å². The van der Waals surface area contributed by atoms with Crippen LogP contribution in [0.3, 0.4) is 0 Å². The number of nitrogens with zero attached hydrogens (tertiary/aromatic N) is 1. The number of aromatic nitrogens is 2. The van der Waals surface area contributed by atoms with Gasteiger partial charge in [-0.15, -0.1) is 0 Å². The van der Waals surface area contributed by atoms with Gasteiger partial charge in [-0.3, -0.25) is 0 Å². The van der Waals surface area contributed by atoms with E-state index in [0.29, 0.717) is 29.3 Å². The third-order valence-electron chi connectivity index (χ3n) is 6.81. The minimum absolute atomic E-state index is 0.0206. The summed E-state index contributed by atoms with van der Waals surface area (Å²) in [5.74, 6) is -0.469. The van der Waals surface area contributed by atoms with Gasteiger partial charge in [-0.05, 0) is 72.9 Å². The number of halogens is 4. The third kappa shape index (κ3) is 7.20. The fraction of sp³-hybridized carbons (Fsp3) is 0.241. The smallest absolute Gasteiger partial charge is 0.356 e. The van der Waals surface area contributed by atoms with Crippen LogP contribution in [0.5, 0.6) is 5.75 Å². The Bertz CT molecular complexity index is 1710. The van der Waals surface area contributed by atoms with Crippen molar-refractivity contribution in [3.63, 3.8) is 0 Å². The molecule has 1 atom stereocenters. The van der Waals surface area contributed by atoms with Gasteiger partial charge < -0.3 is 20.5 Å². The average Bonchev–Trinajstić information content (AvgIpc) is 3.65. The number of nitrogen functional groups attached to an aromatic ring is 1. The number of benzene rings is 2. The maximum atomic E-state index is 13.6. The summed E-state index contributed by atoms with van der Waals surface area (Å²) in [6.07, 6.45) is 5.12. The number of anilines is 2. The normalized spacial score (nSPS) is 14.0. The van der Waals surface area contributed by atoms with Crippen LogP contribution in [0, 0.1) is 5.92 Å². The van der Waals surface area contributed by atoms with E-state index in [-0.39, 0.29) is 38.5 Å². The standard InChI is InChI=1S/C29H26Cl2F2N4O5S/c30-22-14-35-15-23(31)21(22)13-26(18-5-10-24(36-29(32)33)27(12-18)41-16-17-3-4-17)42-28(38)25-2-1-11-37(25)43(39,40)20-8-6-19(34)7-9-20/h1-2,5-12,14-15,17,26,29,36H,3-4,13,16,34H2/p+1. The van der Waals surface area contributed by atoms with Gasteiger partial charge in [0.25, 0.3) is 10.0 Å². The summed E-state index contributed by atoms with van der Waals surface area (Å²) in [5, 5.41) is 2.60. The first-order valence-electron chi connectivity index (χ1n) is 13.2. The van der Waals surface area contributed by atoms with Crippen LogP contribution in [0.1, 0.15) is 40.6 Å². The molecule has 1 aliphatic carbocycles. The zero-order chi connectivity index (χ0) is 30.7.